The minimum absolute atomic E-state index is 0.0194. The van der Waals surface area contributed by atoms with Gasteiger partial charge in [-0.2, -0.15) is 9.36 Å². The van der Waals surface area contributed by atoms with Gasteiger partial charge in [-0.1, -0.05) is 11.6 Å². The number of aryl methyl sites for hydroxylation is 1. The topological polar surface area (TPSA) is 98.9 Å². The average molecular weight is 382 g/mol. The van der Waals surface area contributed by atoms with Crippen molar-refractivity contribution in [3.05, 3.63) is 33.5 Å². The molecule has 1 aromatic carbocycles. The van der Waals surface area contributed by atoms with Crippen LogP contribution in [0.5, 0.6) is 0 Å². The van der Waals surface area contributed by atoms with Crippen molar-refractivity contribution in [3.63, 3.8) is 0 Å². The smallest absolute Gasteiger partial charge is 0.280 e. The van der Waals surface area contributed by atoms with E-state index in [0.29, 0.717) is 4.68 Å². The summed E-state index contributed by atoms with van der Waals surface area (Å²) in [5.41, 5.74) is -1.19. The lowest BCUT2D eigenvalue weighted by molar-refractivity contribution is 0.427. The monoisotopic (exact) mass is 381 g/mol. The van der Waals surface area contributed by atoms with E-state index in [1.54, 1.807) is 0 Å². The van der Waals surface area contributed by atoms with Gasteiger partial charge in [-0.3, -0.25) is 9.11 Å². The lowest BCUT2D eigenvalue weighted by Gasteiger charge is -2.12. The number of tetrazole rings is 1. The highest BCUT2D eigenvalue weighted by atomic mass is 35.5. The highest BCUT2D eigenvalue weighted by molar-refractivity contribution is 7.92. The maximum atomic E-state index is 13.7. The molecule has 0 amide bonds. The Morgan fingerprint density at radius 2 is 2.04 bits per heavy atom. The summed E-state index contributed by atoms with van der Waals surface area (Å²) in [4.78, 5) is 12.2. The molecule has 0 aliphatic carbocycles. The van der Waals surface area contributed by atoms with E-state index in [9.17, 15) is 22.0 Å². The first-order chi connectivity index (χ1) is 11.3. The fraction of sp³-hybridized carbons (Fsp3) is 0.417. The van der Waals surface area contributed by atoms with Crippen LogP contribution < -0.4 is 10.4 Å². The number of hydrogen-bond donors (Lipinski definition) is 1. The van der Waals surface area contributed by atoms with Crippen LogP contribution in [-0.2, 0) is 16.6 Å². The number of alkyl halides is 1. The van der Waals surface area contributed by atoms with Crippen LogP contribution >= 0.6 is 11.6 Å². The number of nitrogens with zero attached hydrogens (tertiary/aromatic N) is 4. The molecule has 0 unspecified atom stereocenters. The molecule has 0 radical (unpaired) electrons. The number of hydrogen-bond acceptors (Lipinski definition) is 5. The lowest BCUT2D eigenvalue weighted by Crippen LogP contribution is -2.26. The van der Waals surface area contributed by atoms with Crippen molar-refractivity contribution in [2.45, 2.75) is 19.9 Å². The maximum absolute atomic E-state index is 13.7. The summed E-state index contributed by atoms with van der Waals surface area (Å²) in [6.45, 7) is 0.736. The van der Waals surface area contributed by atoms with E-state index in [0.717, 1.165) is 16.8 Å². The van der Waals surface area contributed by atoms with Gasteiger partial charge in [0.1, 0.15) is 11.5 Å². The van der Waals surface area contributed by atoms with Crippen molar-refractivity contribution in [2.75, 3.05) is 17.1 Å². The highest BCUT2D eigenvalue weighted by Gasteiger charge is 2.20. The molecule has 8 nitrogen and oxygen atoms in total. The van der Waals surface area contributed by atoms with Crippen LogP contribution in [0.4, 0.5) is 14.5 Å². The van der Waals surface area contributed by atoms with Gasteiger partial charge in [-0.15, -0.1) is 0 Å². The van der Waals surface area contributed by atoms with Gasteiger partial charge >= 0.3 is 5.69 Å². The maximum Gasteiger partial charge on any atom is 0.368 e. The summed E-state index contributed by atoms with van der Waals surface area (Å²) in [7, 11) is -3.74. The number of halogens is 3. The van der Waals surface area contributed by atoms with E-state index in [4.69, 9.17) is 11.6 Å². The molecule has 1 aromatic heterocycles. The van der Waals surface area contributed by atoms with Crippen LogP contribution in [0, 0.1) is 5.82 Å². The van der Waals surface area contributed by atoms with E-state index in [1.807, 2.05) is 0 Å². The third-order valence-corrected chi connectivity index (χ3v) is 4.62. The fourth-order valence-electron chi connectivity index (χ4n) is 1.83. The minimum Gasteiger partial charge on any atom is -0.280 e. The Balaban J connectivity index is 2.58. The van der Waals surface area contributed by atoms with E-state index < -0.39 is 28.2 Å². The molecule has 0 aliphatic rings. The van der Waals surface area contributed by atoms with Crippen molar-refractivity contribution in [2.24, 2.45) is 0 Å². The Morgan fingerprint density at radius 3 is 2.67 bits per heavy atom. The normalized spacial score (nSPS) is 11.7. The standard InChI is InChI=1S/C12H14ClF2N5O3S/c1-2-24(22,23)16-11-9(13)6-8(15)7-10(11)20-12(21)19(17-18-20)5-3-4-14/h6-7,16H,2-5H2,1H3. The second-order valence-electron chi connectivity index (χ2n) is 4.73. The molecule has 1 heterocycles. The molecule has 24 heavy (non-hydrogen) atoms. The second kappa shape index (κ2) is 7.26. The van der Waals surface area contributed by atoms with Crippen LogP contribution in [0.3, 0.4) is 0 Å². The highest BCUT2D eigenvalue weighted by Crippen LogP contribution is 2.30. The molecule has 1 N–H and O–H groups in total. The van der Waals surface area contributed by atoms with Crippen LogP contribution in [-0.4, -0.2) is 40.6 Å². The molecule has 0 saturated carbocycles. The number of benzene rings is 1. The zero-order chi connectivity index (χ0) is 17.9. The Bertz CT molecular complexity index is 897. The van der Waals surface area contributed by atoms with E-state index >= 15 is 0 Å². The number of rotatable bonds is 7. The molecule has 0 bridgehead atoms. The van der Waals surface area contributed by atoms with Gasteiger partial charge in [-0.05, 0) is 29.8 Å². The Morgan fingerprint density at radius 1 is 1.33 bits per heavy atom. The van der Waals surface area contributed by atoms with Gasteiger partial charge in [0.05, 0.1) is 29.7 Å². The van der Waals surface area contributed by atoms with Crippen molar-refractivity contribution >= 4 is 27.3 Å². The summed E-state index contributed by atoms with van der Waals surface area (Å²) in [5.74, 6) is -1.04. The van der Waals surface area contributed by atoms with Gasteiger partial charge in [0, 0.05) is 6.07 Å². The first-order valence-corrected chi connectivity index (χ1v) is 8.90. The summed E-state index contributed by atoms with van der Waals surface area (Å²) in [6, 6.07) is 1.80. The molecule has 12 heteroatoms. The van der Waals surface area contributed by atoms with Crippen molar-refractivity contribution in [1.29, 1.82) is 0 Å². The first kappa shape index (κ1) is 18.3. The molecular formula is C12H14ClF2N5O3S. The minimum atomic E-state index is -3.74. The van der Waals surface area contributed by atoms with E-state index in [2.05, 4.69) is 15.1 Å². The van der Waals surface area contributed by atoms with Crippen LogP contribution in [0.15, 0.2) is 16.9 Å². The lowest BCUT2D eigenvalue weighted by atomic mass is 10.2. The zero-order valence-electron chi connectivity index (χ0n) is 12.5. The molecule has 2 rings (SSSR count). The SMILES string of the molecule is CCS(=O)(=O)Nc1c(Cl)cc(F)cc1-n1nnn(CCCF)c1=O. The summed E-state index contributed by atoms with van der Waals surface area (Å²) in [6.07, 6.45) is 0.0534. The predicted octanol–water partition coefficient (Wildman–Crippen LogP) is 1.34. The molecule has 0 saturated heterocycles. The average Bonchev–Trinajstić information content (AvgIpc) is 2.88. The van der Waals surface area contributed by atoms with Crippen molar-refractivity contribution in [1.82, 2.24) is 19.8 Å². The summed E-state index contributed by atoms with van der Waals surface area (Å²) in [5, 5.41) is 6.88. The van der Waals surface area contributed by atoms with Gasteiger partial charge in [-0.25, -0.2) is 17.6 Å². The Kier molecular flexibility index (Phi) is 5.54. The van der Waals surface area contributed by atoms with Gasteiger partial charge in [0.2, 0.25) is 10.0 Å². The van der Waals surface area contributed by atoms with Crippen LogP contribution in [0.1, 0.15) is 13.3 Å². The molecule has 2 aromatic rings. The van der Waals surface area contributed by atoms with Crippen LogP contribution in [0.2, 0.25) is 5.02 Å². The van der Waals surface area contributed by atoms with E-state index in [-0.39, 0.29) is 35.1 Å². The van der Waals surface area contributed by atoms with Gasteiger partial charge < -0.3 is 0 Å². The molecule has 0 spiro atoms. The van der Waals surface area contributed by atoms with Crippen molar-refractivity contribution in [3.8, 4) is 5.69 Å². The van der Waals surface area contributed by atoms with Gasteiger partial charge in [0.15, 0.2) is 0 Å². The van der Waals surface area contributed by atoms with Crippen molar-refractivity contribution < 1.29 is 17.2 Å². The fourth-order valence-corrected chi connectivity index (χ4v) is 2.81. The first-order valence-electron chi connectivity index (χ1n) is 6.87. The van der Waals surface area contributed by atoms with Crippen LogP contribution in [0.25, 0.3) is 5.69 Å². The zero-order valence-corrected chi connectivity index (χ0v) is 14.1. The number of nitrogens with one attached hydrogen (secondary N) is 1. The second-order valence-corrected chi connectivity index (χ2v) is 7.14. The summed E-state index contributed by atoms with van der Waals surface area (Å²) < 4.78 is 53.2. The number of aromatic nitrogens is 4. The largest absolute Gasteiger partial charge is 0.368 e. The van der Waals surface area contributed by atoms with Gasteiger partial charge in [0.25, 0.3) is 0 Å². The third-order valence-electron chi connectivity index (χ3n) is 3.04. The predicted molar refractivity (Wildman–Crippen MR) is 84.3 cm³/mol. The third kappa shape index (κ3) is 3.90. The molecule has 132 valence electrons. The Labute approximate surface area is 141 Å². The summed E-state index contributed by atoms with van der Waals surface area (Å²) >= 11 is 5.90. The molecule has 0 atom stereocenters. The molecular weight excluding hydrogens is 368 g/mol. The quantitative estimate of drug-likeness (QED) is 0.780. The van der Waals surface area contributed by atoms with E-state index in [1.165, 1.54) is 6.92 Å². The number of sulfonamides is 1. The Hall–Kier alpha value is -2.01. The molecule has 0 aliphatic heterocycles. The molecule has 0 fully saturated rings. The number of anilines is 1.